The minimum absolute atomic E-state index is 0.0500. The summed E-state index contributed by atoms with van der Waals surface area (Å²) in [6, 6.07) is 3.34. The highest BCUT2D eigenvalue weighted by Gasteiger charge is 2.28. The summed E-state index contributed by atoms with van der Waals surface area (Å²) in [7, 11) is -3.24. The van der Waals surface area contributed by atoms with Gasteiger partial charge in [-0.2, -0.15) is 0 Å². The number of sulfone groups is 1. The molecule has 0 aliphatic heterocycles. The van der Waals surface area contributed by atoms with Gasteiger partial charge in [0.1, 0.15) is 11.6 Å². The second-order valence-corrected chi connectivity index (χ2v) is 9.47. The van der Waals surface area contributed by atoms with Crippen LogP contribution in [0.2, 0.25) is 0 Å². The summed E-state index contributed by atoms with van der Waals surface area (Å²) in [6.07, 6.45) is 0.286. The van der Waals surface area contributed by atoms with Gasteiger partial charge in [-0.05, 0) is 57.9 Å². The number of halogens is 2. The summed E-state index contributed by atoms with van der Waals surface area (Å²) in [5.41, 5.74) is 0.277. The van der Waals surface area contributed by atoms with Crippen molar-refractivity contribution in [2.45, 2.75) is 38.9 Å². The Bertz CT molecular complexity index is 698. The molecule has 0 radical (unpaired) electrons. The number of hydrogen-bond donors (Lipinski definition) is 2. The lowest BCUT2D eigenvalue weighted by atomic mass is 10.1. The largest absolute Gasteiger partial charge is 0.357 e. The van der Waals surface area contributed by atoms with Crippen LogP contribution in [0, 0.1) is 11.6 Å². The maximum Gasteiger partial charge on any atom is 0.191 e. The summed E-state index contributed by atoms with van der Waals surface area (Å²) in [5.74, 6) is -0.541. The van der Waals surface area contributed by atoms with Crippen LogP contribution in [-0.4, -0.2) is 44.5 Å². The Kier molecular flexibility index (Phi) is 7.79. The average Bonchev–Trinajstić information content (AvgIpc) is 2.49. The van der Waals surface area contributed by atoms with Crippen molar-refractivity contribution in [3.05, 3.63) is 35.4 Å². The Hall–Kier alpha value is -1.70. The lowest BCUT2D eigenvalue weighted by molar-refractivity contribution is 0.560. The predicted molar refractivity (Wildman–Crippen MR) is 97.6 cm³/mol. The van der Waals surface area contributed by atoms with Gasteiger partial charge in [0.15, 0.2) is 15.8 Å². The third-order valence-corrected chi connectivity index (χ3v) is 6.19. The monoisotopic (exact) mass is 375 g/mol. The quantitative estimate of drug-likeness (QED) is 0.567. The Morgan fingerprint density at radius 2 is 1.88 bits per heavy atom. The van der Waals surface area contributed by atoms with E-state index in [0.29, 0.717) is 19.0 Å². The molecule has 0 aromatic heterocycles. The summed E-state index contributed by atoms with van der Waals surface area (Å²) in [4.78, 5) is 4.23. The number of nitrogens with zero attached hydrogens (tertiary/aromatic N) is 1. The van der Waals surface area contributed by atoms with E-state index in [9.17, 15) is 17.2 Å². The van der Waals surface area contributed by atoms with E-state index in [-0.39, 0.29) is 24.3 Å². The zero-order valence-electron chi connectivity index (χ0n) is 15.2. The molecule has 0 aliphatic carbocycles. The van der Waals surface area contributed by atoms with Gasteiger partial charge in [-0.25, -0.2) is 17.2 Å². The van der Waals surface area contributed by atoms with Gasteiger partial charge in [0.2, 0.25) is 0 Å². The van der Waals surface area contributed by atoms with Crippen LogP contribution in [0.5, 0.6) is 0 Å². The first-order valence-electron chi connectivity index (χ1n) is 8.25. The predicted octanol–water partition coefficient (Wildman–Crippen LogP) is 2.28. The molecule has 0 atom stereocenters. The number of guanidine groups is 1. The van der Waals surface area contributed by atoms with Crippen LogP contribution < -0.4 is 10.6 Å². The van der Waals surface area contributed by atoms with E-state index in [1.165, 1.54) is 0 Å². The standard InChI is InChI=1S/C17H27F2N3O2S/c1-5-20-16(22-10-11-25(23,24)17(2,3)4)21-9-8-13-12-14(18)6-7-15(13)19/h6-7,12H,5,8-11H2,1-4H3,(H2,20,21,22). The molecule has 0 saturated heterocycles. The third-order valence-electron chi connectivity index (χ3n) is 3.60. The SMILES string of the molecule is CCNC(=NCCS(=O)(=O)C(C)(C)C)NCCc1cc(F)ccc1F. The van der Waals surface area contributed by atoms with E-state index in [1.807, 2.05) is 6.92 Å². The lowest BCUT2D eigenvalue weighted by Gasteiger charge is -2.18. The Morgan fingerprint density at radius 3 is 2.48 bits per heavy atom. The molecule has 1 aromatic carbocycles. The Balaban J connectivity index is 2.60. The second kappa shape index (κ2) is 9.12. The number of hydrogen-bond acceptors (Lipinski definition) is 3. The zero-order valence-corrected chi connectivity index (χ0v) is 16.0. The number of rotatable bonds is 7. The topological polar surface area (TPSA) is 70.6 Å². The highest BCUT2D eigenvalue weighted by atomic mass is 32.2. The molecule has 1 rings (SSSR count). The van der Waals surface area contributed by atoms with Gasteiger partial charge in [-0.1, -0.05) is 0 Å². The summed E-state index contributed by atoms with van der Waals surface area (Å²) < 4.78 is 50.1. The maximum absolute atomic E-state index is 13.6. The minimum Gasteiger partial charge on any atom is -0.357 e. The normalized spacial score (nSPS) is 13.0. The molecule has 0 spiro atoms. The van der Waals surface area contributed by atoms with Gasteiger partial charge in [0, 0.05) is 13.1 Å². The zero-order chi connectivity index (χ0) is 19.1. The number of nitrogens with one attached hydrogen (secondary N) is 2. The fourth-order valence-corrected chi connectivity index (χ4v) is 2.92. The van der Waals surface area contributed by atoms with E-state index in [1.54, 1.807) is 20.8 Å². The van der Waals surface area contributed by atoms with Crippen LogP contribution in [0.15, 0.2) is 23.2 Å². The van der Waals surface area contributed by atoms with Crippen molar-refractivity contribution in [3.63, 3.8) is 0 Å². The van der Waals surface area contributed by atoms with E-state index in [0.717, 1.165) is 18.2 Å². The molecular formula is C17H27F2N3O2S. The van der Waals surface area contributed by atoms with Crippen LogP contribution in [0.3, 0.4) is 0 Å². The van der Waals surface area contributed by atoms with Gasteiger partial charge >= 0.3 is 0 Å². The summed E-state index contributed by atoms with van der Waals surface area (Å²) >= 11 is 0. The molecule has 142 valence electrons. The first-order chi connectivity index (χ1) is 11.6. The smallest absolute Gasteiger partial charge is 0.191 e. The van der Waals surface area contributed by atoms with Gasteiger partial charge in [-0.15, -0.1) is 0 Å². The number of aliphatic imine (C=N–C) groups is 1. The fraction of sp³-hybridized carbons (Fsp3) is 0.588. The van der Waals surface area contributed by atoms with Crippen molar-refractivity contribution in [2.24, 2.45) is 4.99 Å². The van der Waals surface area contributed by atoms with Crippen molar-refractivity contribution in [3.8, 4) is 0 Å². The first kappa shape index (κ1) is 21.3. The van der Waals surface area contributed by atoms with Crippen molar-refractivity contribution >= 4 is 15.8 Å². The summed E-state index contributed by atoms with van der Waals surface area (Å²) in [5, 5.41) is 5.99. The van der Waals surface area contributed by atoms with E-state index in [4.69, 9.17) is 0 Å². The van der Waals surface area contributed by atoms with E-state index in [2.05, 4.69) is 15.6 Å². The molecule has 0 amide bonds. The fourth-order valence-electron chi connectivity index (χ4n) is 1.98. The molecule has 8 heteroatoms. The van der Waals surface area contributed by atoms with Crippen LogP contribution >= 0.6 is 0 Å². The van der Waals surface area contributed by atoms with Gasteiger partial charge in [0.05, 0.1) is 17.0 Å². The molecule has 0 heterocycles. The second-order valence-electron chi connectivity index (χ2n) is 6.60. The third kappa shape index (κ3) is 6.97. The molecule has 25 heavy (non-hydrogen) atoms. The molecule has 0 saturated carbocycles. The molecule has 5 nitrogen and oxygen atoms in total. The highest BCUT2D eigenvalue weighted by molar-refractivity contribution is 7.92. The molecule has 1 aromatic rings. The van der Waals surface area contributed by atoms with E-state index < -0.39 is 26.2 Å². The van der Waals surface area contributed by atoms with Crippen LogP contribution in [0.4, 0.5) is 8.78 Å². The van der Waals surface area contributed by atoms with E-state index >= 15 is 0 Å². The lowest BCUT2D eigenvalue weighted by Crippen LogP contribution is -2.39. The maximum atomic E-state index is 13.6. The van der Waals surface area contributed by atoms with Crippen LogP contribution in [0.25, 0.3) is 0 Å². The highest BCUT2D eigenvalue weighted by Crippen LogP contribution is 2.15. The van der Waals surface area contributed by atoms with Crippen LogP contribution in [-0.2, 0) is 16.3 Å². The number of benzene rings is 1. The molecule has 0 bridgehead atoms. The van der Waals surface area contributed by atoms with Crippen LogP contribution in [0.1, 0.15) is 33.3 Å². The molecular weight excluding hydrogens is 348 g/mol. The molecule has 2 N–H and O–H groups in total. The summed E-state index contributed by atoms with van der Waals surface area (Å²) in [6.45, 7) is 7.93. The Labute approximate surface area is 148 Å². The van der Waals surface area contributed by atoms with Gasteiger partial charge in [0.25, 0.3) is 0 Å². The Morgan fingerprint density at radius 1 is 1.20 bits per heavy atom. The van der Waals surface area contributed by atoms with Crippen molar-refractivity contribution in [1.29, 1.82) is 0 Å². The van der Waals surface area contributed by atoms with Gasteiger partial charge < -0.3 is 10.6 Å². The van der Waals surface area contributed by atoms with Crippen molar-refractivity contribution < 1.29 is 17.2 Å². The van der Waals surface area contributed by atoms with Gasteiger partial charge in [-0.3, -0.25) is 4.99 Å². The molecule has 0 unspecified atom stereocenters. The molecule has 0 aliphatic rings. The van der Waals surface area contributed by atoms with Crippen molar-refractivity contribution in [2.75, 3.05) is 25.4 Å². The minimum atomic E-state index is -3.24. The first-order valence-corrected chi connectivity index (χ1v) is 9.90. The van der Waals surface area contributed by atoms with Crippen molar-refractivity contribution in [1.82, 2.24) is 10.6 Å². The molecule has 0 fully saturated rings. The average molecular weight is 375 g/mol.